The van der Waals surface area contributed by atoms with Crippen molar-refractivity contribution in [2.75, 3.05) is 12.8 Å². The van der Waals surface area contributed by atoms with Crippen LogP contribution in [0.3, 0.4) is 0 Å². The van der Waals surface area contributed by atoms with Gasteiger partial charge in [0.15, 0.2) is 0 Å². The zero-order valence-corrected chi connectivity index (χ0v) is 11.9. The van der Waals surface area contributed by atoms with Gasteiger partial charge in [-0.15, -0.1) is 0 Å². The standard InChI is InChI=1S/C15H16N4O2/c1-19-6-5-17-13(19)9-21-14-4-3-10-7-11(20-2)8-12(16)15(10)18-14/h3-8H,9,16H2,1-2H3. The molecule has 0 saturated carbocycles. The fourth-order valence-corrected chi connectivity index (χ4v) is 2.09. The van der Waals surface area contributed by atoms with Crippen molar-refractivity contribution in [1.82, 2.24) is 14.5 Å². The van der Waals surface area contributed by atoms with Gasteiger partial charge in [0.05, 0.1) is 18.3 Å². The van der Waals surface area contributed by atoms with E-state index in [1.54, 1.807) is 19.4 Å². The maximum absolute atomic E-state index is 6.00. The fourth-order valence-electron chi connectivity index (χ4n) is 2.09. The second kappa shape index (κ2) is 5.32. The van der Waals surface area contributed by atoms with Crippen LogP contribution >= 0.6 is 0 Å². The molecule has 0 saturated heterocycles. The molecule has 6 nitrogen and oxygen atoms in total. The lowest BCUT2D eigenvalue weighted by atomic mass is 10.2. The average molecular weight is 284 g/mol. The normalized spacial score (nSPS) is 10.8. The zero-order chi connectivity index (χ0) is 14.8. The van der Waals surface area contributed by atoms with E-state index in [-0.39, 0.29) is 0 Å². The third-order valence-electron chi connectivity index (χ3n) is 3.28. The molecular formula is C15H16N4O2. The van der Waals surface area contributed by atoms with Crippen molar-refractivity contribution in [2.45, 2.75) is 6.61 Å². The molecule has 0 bridgehead atoms. The Morgan fingerprint density at radius 1 is 1.29 bits per heavy atom. The quantitative estimate of drug-likeness (QED) is 0.743. The number of fused-ring (bicyclic) bond motifs is 1. The molecule has 0 unspecified atom stereocenters. The van der Waals surface area contributed by atoms with E-state index in [0.717, 1.165) is 11.2 Å². The van der Waals surface area contributed by atoms with Crippen molar-refractivity contribution in [3.05, 3.63) is 42.5 Å². The van der Waals surface area contributed by atoms with Crippen molar-refractivity contribution in [3.63, 3.8) is 0 Å². The van der Waals surface area contributed by atoms with E-state index in [2.05, 4.69) is 9.97 Å². The summed E-state index contributed by atoms with van der Waals surface area (Å²) in [6.07, 6.45) is 3.60. The van der Waals surface area contributed by atoms with Gasteiger partial charge in [0, 0.05) is 37.0 Å². The molecule has 2 aromatic heterocycles. The smallest absolute Gasteiger partial charge is 0.214 e. The maximum atomic E-state index is 6.00. The molecule has 2 heterocycles. The van der Waals surface area contributed by atoms with Gasteiger partial charge >= 0.3 is 0 Å². The van der Waals surface area contributed by atoms with Crippen molar-refractivity contribution in [1.29, 1.82) is 0 Å². The van der Waals surface area contributed by atoms with Crippen LogP contribution in [-0.4, -0.2) is 21.6 Å². The number of nitrogens with two attached hydrogens (primary N) is 1. The monoisotopic (exact) mass is 284 g/mol. The number of aromatic nitrogens is 3. The Morgan fingerprint density at radius 2 is 2.14 bits per heavy atom. The number of nitrogen functional groups attached to an aromatic ring is 1. The van der Waals surface area contributed by atoms with Crippen LogP contribution in [0.5, 0.6) is 11.6 Å². The second-order valence-corrected chi connectivity index (χ2v) is 4.68. The Kier molecular flexibility index (Phi) is 3.35. The van der Waals surface area contributed by atoms with Gasteiger partial charge in [-0.2, -0.15) is 0 Å². The Morgan fingerprint density at radius 3 is 2.86 bits per heavy atom. The van der Waals surface area contributed by atoms with Crippen molar-refractivity contribution in [2.24, 2.45) is 7.05 Å². The van der Waals surface area contributed by atoms with E-state index in [0.29, 0.717) is 29.4 Å². The molecule has 3 rings (SSSR count). The highest BCUT2D eigenvalue weighted by Gasteiger charge is 2.07. The number of ether oxygens (including phenoxy) is 2. The number of nitrogens with zero attached hydrogens (tertiary/aromatic N) is 3. The molecule has 6 heteroatoms. The number of aryl methyl sites for hydroxylation is 1. The summed E-state index contributed by atoms with van der Waals surface area (Å²) in [6, 6.07) is 7.36. The number of benzene rings is 1. The molecule has 2 N–H and O–H groups in total. The lowest BCUT2D eigenvalue weighted by Gasteiger charge is -2.09. The van der Waals surface area contributed by atoms with Crippen molar-refractivity contribution >= 4 is 16.6 Å². The predicted octanol–water partition coefficient (Wildman–Crippen LogP) is 2.14. The van der Waals surface area contributed by atoms with Crippen molar-refractivity contribution in [3.8, 4) is 11.6 Å². The molecule has 0 atom stereocenters. The second-order valence-electron chi connectivity index (χ2n) is 4.68. The summed E-state index contributed by atoms with van der Waals surface area (Å²) in [5.41, 5.74) is 7.27. The minimum atomic E-state index is 0.359. The minimum Gasteiger partial charge on any atom is -0.497 e. The molecule has 0 fully saturated rings. The Hall–Kier alpha value is -2.76. The lowest BCUT2D eigenvalue weighted by Crippen LogP contribution is -2.04. The maximum Gasteiger partial charge on any atom is 0.214 e. The lowest BCUT2D eigenvalue weighted by molar-refractivity contribution is 0.281. The van der Waals surface area contributed by atoms with E-state index in [4.69, 9.17) is 15.2 Å². The Labute approximate surface area is 122 Å². The van der Waals surface area contributed by atoms with E-state index in [9.17, 15) is 0 Å². The number of methoxy groups -OCH3 is 1. The molecular weight excluding hydrogens is 268 g/mol. The van der Waals surface area contributed by atoms with Gasteiger partial charge in [-0.05, 0) is 12.1 Å². The van der Waals surface area contributed by atoms with Crippen LogP contribution in [0.15, 0.2) is 36.7 Å². The number of imidazole rings is 1. The summed E-state index contributed by atoms with van der Waals surface area (Å²) in [6.45, 7) is 0.359. The van der Waals surface area contributed by atoms with Gasteiger partial charge in [0.2, 0.25) is 5.88 Å². The molecule has 1 aromatic carbocycles. The van der Waals surface area contributed by atoms with E-state index in [1.165, 1.54) is 0 Å². The van der Waals surface area contributed by atoms with Gasteiger partial charge in [-0.3, -0.25) is 0 Å². The SMILES string of the molecule is COc1cc(N)c2nc(OCc3nccn3C)ccc2c1. The predicted molar refractivity (Wildman–Crippen MR) is 80.2 cm³/mol. The molecule has 3 aromatic rings. The van der Waals surface area contributed by atoms with E-state index in [1.807, 2.05) is 36.0 Å². The summed E-state index contributed by atoms with van der Waals surface area (Å²) in [4.78, 5) is 8.64. The minimum absolute atomic E-state index is 0.359. The van der Waals surface area contributed by atoms with E-state index >= 15 is 0 Å². The summed E-state index contributed by atoms with van der Waals surface area (Å²) in [5, 5.41) is 0.913. The summed E-state index contributed by atoms with van der Waals surface area (Å²) >= 11 is 0. The Bertz CT molecular complexity index is 782. The van der Waals surface area contributed by atoms with Gasteiger partial charge in [0.1, 0.15) is 18.2 Å². The first-order valence-corrected chi connectivity index (χ1v) is 6.50. The van der Waals surface area contributed by atoms with Gasteiger partial charge in [0.25, 0.3) is 0 Å². The molecule has 0 radical (unpaired) electrons. The highest BCUT2D eigenvalue weighted by atomic mass is 16.5. The molecule has 0 aliphatic rings. The highest BCUT2D eigenvalue weighted by Crippen LogP contribution is 2.27. The number of rotatable bonds is 4. The molecule has 0 aliphatic carbocycles. The number of hydrogen-bond acceptors (Lipinski definition) is 5. The number of hydrogen-bond donors (Lipinski definition) is 1. The third kappa shape index (κ3) is 2.60. The summed E-state index contributed by atoms with van der Waals surface area (Å²) < 4.78 is 12.8. The third-order valence-corrected chi connectivity index (χ3v) is 3.28. The first-order chi connectivity index (χ1) is 10.2. The zero-order valence-electron chi connectivity index (χ0n) is 11.9. The molecule has 108 valence electrons. The summed E-state index contributed by atoms with van der Waals surface area (Å²) in [5.74, 6) is 2.06. The topological polar surface area (TPSA) is 75.2 Å². The first kappa shape index (κ1) is 13.2. The van der Waals surface area contributed by atoms with Crippen LogP contribution < -0.4 is 15.2 Å². The van der Waals surface area contributed by atoms with Gasteiger partial charge in [-0.25, -0.2) is 9.97 Å². The molecule has 0 amide bonds. The van der Waals surface area contributed by atoms with Gasteiger partial charge in [-0.1, -0.05) is 0 Å². The highest BCUT2D eigenvalue weighted by molar-refractivity contribution is 5.91. The molecule has 21 heavy (non-hydrogen) atoms. The van der Waals surface area contributed by atoms with Crippen molar-refractivity contribution < 1.29 is 9.47 Å². The average Bonchev–Trinajstić information content (AvgIpc) is 2.90. The number of pyridine rings is 1. The van der Waals surface area contributed by atoms with Crippen LogP contribution in [0.1, 0.15) is 5.82 Å². The summed E-state index contributed by atoms with van der Waals surface area (Å²) in [7, 11) is 3.53. The van der Waals surface area contributed by atoms with Crippen LogP contribution in [0, 0.1) is 0 Å². The molecule has 0 aliphatic heterocycles. The van der Waals surface area contributed by atoms with Gasteiger partial charge < -0.3 is 19.8 Å². The largest absolute Gasteiger partial charge is 0.497 e. The van der Waals surface area contributed by atoms with Crippen LogP contribution in [-0.2, 0) is 13.7 Å². The van der Waals surface area contributed by atoms with Crippen LogP contribution in [0.4, 0.5) is 5.69 Å². The molecule has 0 spiro atoms. The fraction of sp³-hybridized carbons (Fsp3) is 0.200. The van der Waals surface area contributed by atoms with Crippen LogP contribution in [0.2, 0.25) is 0 Å². The number of anilines is 1. The van der Waals surface area contributed by atoms with E-state index < -0.39 is 0 Å². The Balaban J connectivity index is 1.87. The first-order valence-electron chi connectivity index (χ1n) is 6.50. The van der Waals surface area contributed by atoms with Crippen LogP contribution in [0.25, 0.3) is 10.9 Å².